The number of hydrogen-bond acceptors (Lipinski definition) is 5. The van der Waals surface area contributed by atoms with Gasteiger partial charge in [-0.1, -0.05) is 11.3 Å². The number of rotatable bonds is 4. The third kappa shape index (κ3) is 3.56. The summed E-state index contributed by atoms with van der Waals surface area (Å²) >= 11 is 1.38. The fraction of sp³-hybridized carbons (Fsp3) is 0.222. The molecule has 0 radical (unpaired) electrons. The van der Waals surface area contributed by atoms with Crippen LogP contribution in [0.25, 0.3) is 11.3 Å². The Morgan fingerprint density at radius 2 is 2.04 bits per heavy atom. The SMILES string of the molecule is CCn1c(C)c(C(C)=O)sc1=Nc1ccc(-c2ccc(F)nc2)nc1. The highest BCUT2D eigenvalue weighted by molar-refractivity contribution is 7.11. The standard InChI is InChI=1S/C18H17FN4OS/c1-4-23-11(2)17(12(3)24)25-18(23)22-14-6-7-15(20-10-14)13-5-8-16(19)21-9-13/h5-10H,4H2,1-3H3. The zero-order valence-electron chi connectivity index (χ0n) is 14.2. The van der Waals surface area contributed by atoms with E-state index in [9.17, 15) is 9.18 Å². The maximum Gasteiger partial charge on any atom is 0.212 e. The lowest BCUT2D eigenvalue weighted by atomic mass is 10.2. The number of hydrogen-bond donors (Lipinski definition) is 0. The lowest BCUT2D eigenvalue weighted by Crippen LogP contribution is -2.14. The van der Waals surface area contributed by atoms with E-state index in [4.69, 9.17) is 0 Å². The van der Waals surface area contributed by atoms with Gasteiger partial charge in [0, 0.05) is 30.9 Å². The molecule has 0 saturated heterocycles. The zero-order valence-corrected chi connectivity index (χ0v) is 15.0. The first-order valence-corrected chi connectivity index (χ1v) is 8.65. The summed E-state index contributed by atoms with van der Waals surface area (Å²) in [5.74, 6) is -0.475. The third-order valence-corrected chi connectivity index (χ3v) is 5.07. The molecule has 0 N–H and O–H groups in total. The topological polar surface area (TPSA) is 60.1 Å². The minimum absolute atomic E-state index is 0.0448. The van der Waals surface area contributed by atoms with Crippen molar-refractivity contribution in [3.05, 3.63) is 58.0 Å². The molecule has 128 valence electrons. The Kier molecular flexibility index (Phi) is 4.85. The molecule has 0 amide bonds. The van der Waals surface area contributed by atoms with Crippen LogP contribution in [0.4, 0.5) is 10.1 Å². The van der Waals surface area contributed by atoms with Crippen molar-refractivity contribution < 1.29 is 9.18 Å². The van der Waals surface area contributed by atoms with Crippen LogP contribution in [-0.2, 0) is 6.54 Å². The van der Waals surface area contributed by atoms with Gasteiger partial charge in [0.15, 0.2) is 10.6 Å². The summed E-state index contributed by atoms with van der Waals surface area (Å²) in [6, 6.07) is 6.59. The van der Waals surface area contributed by atoms with Crippen LogP contribution in [0.15, 0.2) is 41.7 Å². The van der Waals surface area contributed by atoms with Crippen molar-refractivity contribution in [1.29, 1.82) is 0 Å². The van der Waals surface area contributed by atoms with E-state index in [1.54, 1.807) is 19.2 Å². The van der Waals surface area contributed by atoms with E-state index >= 15 is 0 Å². The van der Waals surface area contributed by atoms with E-state index < -0.39 is 5.95 Å². The molecule has 0 fully saturated rings. The Morgan fingerprint density at radius 1 is 1.24 bits per heavy atom. The maximum absolute atomic E-state index is 12.9. The predicted molar refractivity (Wildman–Crippen MR) is 95.4 cm³/mol. The van der Waals surface area contributed by atoms with E-state index in [-0.39, 0.29) is 5.78 Å². The van der Waals surface area contributed by atoms with Crippen molar-refractivity contribution in [3.63, 3.8) is 0 Å². The smallest absolute Gasteiger partial charge is 0.212 e. The second kappa shape index (κ2) is 7.06. The first-order valence-electron chi connectivity index (χ1n) is 7.83. The Balaban J connectivity index is 1.98. The van der Waals surface area contributed by atoms with Crippen molar-refractivity contribution in [3.8, 4) is 11.3 Å². The molecule has 0 bridgehead atoms. The van der Waals surface area contributed by atoms with Gasteiger partial charge in [-0.05, 0) is 38.1 Å². The van der Waals surface area contributed by atoms with Crippen molar-refractivity contribution in [2.75, 3.05) is 0 Å². The van der Waals surface area contributed by atoms with Gasteiger partial charge in [-0.2, -0.15) is 4.39 Å². The molecule has 3 heterocycles. The fourth-order valence-corrected chi connectivity index (χ4v) is 3.64. The van der Waals surface area contributed by atoms with Crippen LogP contribution in [0.1, 0.15) is 29.2 Å². The molecule has 3 aromatic rings. The van der Waals surface area contributed by atoms with Gasteiger partial charge in [0.2, 0.25) is 5.95 Å². The summed E-state index contributed by atoms with van der Waals surface area (Å²) in [5.41, 5.74) is 3.06. The summed E-state index contributed by atoms with van der Waals surface area (Å²) in [5, 5.41) is 0. The predicted octanol–water partition coefficient (Wildman–Crippen LogP) is 3.91. The van der Waals surface area contributed by atoms with Gasteiger partial charge >= 0.3 is 0 Å². The van der Waals surface area contributed by atoms with Crippen LogP contribution in [0.5, 0.6) is 0 Å². The number of carbonyl (C=O) groups is 1. The number of carbonyl (C=O) groups excluding carboxylic acids is 1. The number of thiazole rings is 1. The number of nitrogens with zero attached hydrogens (tertiary/aromatic N) is 4. The van der Waals surface area contributed by atoms with Gasteiger partial charge in [-0.15, -0.1) is 0 Å². The Bertz CT molecular complexity index is 972. The monoisotopic (exact) mass is 356 g/mol. The number of pyridine rings is 2. The highest BCUT2D eigenvalue weighted by atomic mass is 32.1. The van der Waals surface area contributed by atoms with E-state index in [1.807, 2.05) is 30.5 Å². The Labute approximate surface area is 148 Å². The number of Topliss-reactive ketones (excluding diaryl/α,β-unsaturated/α-hetero) is 1. The number of ketones is 1. The fourth-order valence-electron chi connectivity index (χ4n) is 2.53. The summed E-state index contributed by atoms with van der Waals surface area (Å²) < 4.78 is 14.9. The van der Waals surface area contributed by atoms with E-state index in [0.29, 0.717) is 11.4 Å². The molecule has 0 unspecified atom stereocenters. The van der Waals surface area contributed by atoms with Crippen LogP contribution in [0, 0.1) is 12.9 Å². The molecule has 0 aliphatic carbocycles. The molecule has 5 nitrogen and oxygen atoms in total. The Morgan fingerprint density at radius 3 is 2.60 bits per heavy atom. The molecule has 0 saturated carbocycles. The zero-order chi connectivity index (χ0) is 18.0. The molecule has 0 aliphatic heterocycles. The second-order valence-corrected chi connectivity index (χ2v) is 6.46. The molecule has 0 spiro atoms. The largest absolute Gasteiger partial charge is 0.321 e. The van der Waals surface area contributed by atoms with Crippen molar-refractivity contribution in [2.45, 2.75) is 27.3 Å². The summed E-state index contributed by atoms with van der Waals surface area (Å²) in [7, 11) is 0. The van der Waals surface area contributed by atoms with Gasteiger partial charge in [-0.3, -0.25) is 9.78 Å². The highest BCUT2D eigenvalue weighted by Crippen LogP contribution is 2.20. The lowest BCUT2D eigenvalue weighted by molar-refractivity contribution is 0.102. The third-order valence-electron chi connectivity index (χ3n) is 3.79. The molecule has 0 atom stereocenters. The molecule has 25 heavy (non-hydrogen) atoms. The minimum atomic E-state index is -0.520. The highest BCUT2D eigenvalue weighted by Gasteiger charge is 2.12. The maximum atomic E-state index is 12.9. The van der Waals surface area contributed by atoms with E-state index in [2.05, 4.69) is 15.0 Å². The average molecular weight is 356 g/mol. The van der Waals surface area contributed by atoms with Crippen LogP contribution >= 0.6 is 11.3 Å². The van der Waals surface area contributed by atoms with Crippen molar-refractivity contribution in [2.24, 2.45) is 4.99 Å². The Hall–Kier alpha value is -2.67. The normalized spacial score (nSPS) is 11.8. The van der Waals surface area contributed by atoms with E-state index in [0.717, 1.165) is 27.5 Å². The van der Waals surface area contributed by atoms with Crippen LogP contribution in [-0.4, -0.2) is 20.3 Å². The van der Waals surface area contributed by atoms with Gasteiger partial charge < -0.3 is 4.57 Å². The van der Waals surface area contributed by atoms with Crippen LogP contribution < -0.4 is 4.80 Å². The van der Waals surface area contributed by atoms with Gasteiger partial charge in [-0.25, -0.2) is 9.98 Å². The second-order valence-electron chi connectivity index (χ2n) is 5.48. The average Bonchev–Trinajstić information content (AvgIpc) is 2.92. The molecular formula is C18H17FN4OS. The molecule has 0 aromatic carbocycles. The quantitative estimate of drug-likeness (QED) is 0.526. The first-order chi connectivity index (χ1) is 12.0. The summed E-state index contributed by atoms with van der Waals surface area (Å²) in [6.07, 6.45) is 3.10. The molecular weight excluding hydrogens is 339 g/mol. The van der Waals surface area contributed by atoms with Crippen LogP contribution in [0.2, 0.25) is 0 Å². The molecule has 3 rings (SSSR count). The van der Waals surface area contributed by atoms with Crippen LogP contribution in [0.3, 0.4) is 0 Å². The van der Waals surface area contributed by atoms with Crippen molar-refractivity contribution >= 4 is 22.8 Å². The first kappa shape index (κ1) is 17.2. The minimum Gasteiger partial charge on any atom is -0.321 e. The summed E-state index contributed by atoms with van der Waals surface area (Å²) in [6.45, 7) is 6.25. The lowest BCUT2D eigenvalue weighted by Gasteiger charge is -2.02. The van der Waals surface area contributed by atoms with Gasteiger partial charge in [0.1, 0.15) is 0 Å². The number of halogens is 1. The molecule has 0 aliphatic rings. The van der Waals surface area contributed by atoms with Gasteiger partial charge in [0.05, 0.1) is 22.5 Å². The summed E-state index contributed by atoms with van der Waals surface area (Å²) in [4.78, 5) is 25.8. The molecule has 3 aromatic heterocycles. The number of aromatic nitrogens is 3. The van der Waals surface area contributed by atoms with Gasteiger partial charge in [0.25, 0.3) is 0 Å². The van der Waals surface area contributed by atoms with Crippen molar-refractivity contribution in [1.82, 2.24) is 14.5 Å². The molecule has 7 heteroatoms. The van der Waals surface area contributed by atoms with E-state index in [1.165, 1.54) is 23.6 Å².